The molecule has 1 atom stereocenters. The van der Waals surface area contributed by atoms with Gasteiger partial charge >= 0.3 is 0 Å². The molecule has 1 aliphatic rings. The van der Waals surface area contributed by atoms with Crippen molar-refractivity contribution in [2.75, 3.05) is 18.6 Å². The van der Waals surface area contributed by atoms with E-state index < -0.39 is 0 Å². The molecule has 0 aliphatic carbocycles. The second-order valence-corrected chi connectivity index (χ2v) is 5.45. The maximum absolute atomic E-state index is 6.19. The van der Waals surface area contributed by atoms with Gasteiger partial charge in [0.2, 0.25) is 0 Å². The monoisotopic (exact) mass is 273 g/mol. The van der Waals surface area contributed by atoms with Crippen LogP contribution in [-0.2, 0) is 11.4 Å². The van der Waals surface area contributed by atoms with Crippen molar-refractivity contribution in [3.63, 3.8) is 0 Å². The van der Waals surface area contributed by atoms with Crippen molar-refractivity contribution < 1.29 is 9.57 Å². The molecule has 2 rings (SSSR count). The van der Waals surface area contributed by atoms with Gasteiger partial charge in [-0.25, -0.2) is 0 Å². The molecule has 0 radical (unpaired) electrons. The van der Waals surface area contributed by atoms with Crippen LogP contribution in [0.3, 0.4) is 0 Å². The van der Waals surface area contributed by atoms with Crippen molar-refractivity contribution in [1.29, 1.82) is 0 Å². The number of hydroxylamine groups is 1. The third kappa shape index (κ3) is 3.78. The van der Waals surface area contributed by atoms with E-state index in [0.29, 0.717) is 17.7 Å². The number of thioether (sulfide) groups is 1. The van der Waals surface area contributed by atoms with Gasteiger partial charge in [-0.3, -0.25) is 0 Å². The van der Waals surface area contributed by atoms with Gasteiger partial charge in [-0.1, -0.05) is 17.7 Å². The Morgan fingerprint density at radius 3 is 3.06 bits per heavy atom. The van der Waals surface area contributed by atoms with E-state index in [4.69, 9.17) is 21.2 Å². The molecule has 17 heavy (non-hydrogen) atoms. The minimum absolute atomic E-state index is 0.306. The molecule has 3 nitrogen and oxygen atoms in total. The van der Waals surface area contributed by atoms with Crippen molar-refractivity contribution in [1.82, 2.24) is 5.48 Å². The smallest absolute Gasteiger partial charge is 0.138 e. The predicted octanol–water partition coefficient (Wildman–Crippen LogP) is 2.88. The lowest BCUT2D eigenvalue weighted by Crippen LogP contribution is -2.15. The van der Waals surface area contributed by atoms with Gasteiger partial charge in [-0.15, -0.1) is 0 Å². The third-order valence-corrected chi connectivity index (χ3v) is 4.03. The molecule has 1 unspecified atom stereocenters. The number of halogens is 1. The Bertz CT molecular complexity index is 370. The number of hydrogen-bond donors (Lipinski definition) is 1. The second-order valence-electron chi connectivity index (χ2n) is 3.89. The van der Waals surface area contributed by atoms with E-state index in [1.807, 2.05) is 30.0 Å². The van der Waals surface area contributed by atoms with Gasteiger partial charge in [0.15, 0.2) is 0 Å². The van der Waals surface area contributed by atoms with E-state index in [9.17, 15) is 0 Å². The van der Waals surface area contributed by atoms with Crippen LogP contribution in [0.2, 0.25) is 5.02 Å². The number of benzene rings is 1. The van der Waals surface area contributed by atoms with Gasteiger partial charge < -0.3 is 9.57 Å². The fourth-order valence-electron chi connectivity index (χ4n) is 1.69. The molecule has 0 saturated carbocycles. The molecule has 1 fully saturated rings. The highest BCUT2D eigenvalue weighted by Gasteiger charge is 2.18. The van der Waals surface area contributed by atoms with Crippen LogP contribution in [0, 0.1) is 0 Å². The van der Waals surface area contributed by atoms with E-state index in [-0.39, 0.29) is 0 Å². The number of hydrogen-bond acceptors (Lipinski definition) is 4. The maximum atomic E-state index is 6.19. The van der Waals surface area contributed by atoms with E-state index in [2.05, 4.69) is 5.48 Å². The summed E-state index contributed by atoms with van der Waals surface area (Å²) in [4.78, 5) is 4.80. The molecule has 1 N–H and O–H groups in total. The molecule has 0 aromatic heterocycles. The third-order valence-electron chi connectivity index (χ3n) is 2.60. The van der Waals surface area contributed by atoms with Crippen LogP contribution >= 0.6 is 23.4 Å². The summed E-state index contributed by atoms with van der Waals surface area (Å²) in [6.07, 6.45) is 1.41. The van der Waals surface area contributed by atoms with Crippen LogP contribution in [-0.4, -0.2) is 24.7 Å². The highest BCUT2D eigenvalue weighted by atomic mass is 35.5. The molecule has 0 bridgehead atoms. The largest absolute Gasteiger partial charge is 0.488 e. The van der Waals surface area contributed by atoms with Crippen molar-refractivity contribution in [3.8, 4) is 5.75 Å². The molecule has 1 aliphatic heterocycles. The fourth-order valence-corrected chi connectivity index (χ4v) is 3.03. The Hall–Kier alpha value is -0.420. The molecular weight excluding hydrogens is 258 g/mol. The lowest BCUT2D eigenvalue weighted by Gasteiger charge is -2.14. The lowest BCUT2D eigenvalue weighted by molar-refractivity contribution is 0.0867. The first-order valence-electron chi connectivity index (χ1n) is 5.58. The Balaban J connectivity index is 1.98. The summed E-state index contributed by atoms with van der Waals surface area (Å²) in [5.41, 5.74) is 3.86. The molecule has 1 aromatic rings. The lowest BCUT2D eigenvalue weighted by atomic mass is 10.2. The van der Waals surface area contributed by atoms with E-state index >= 15 is 0 Å². The number of ether oxygens (including phenoxy) is 1. The minimum Gasteiger partial charge on any atom is -0.488 e. The zero-order valence-electron chi connectivity index (χ0n) is 9.74. The Kier molecular flexibility index (Phi) is 4.98. The number of rotatable bonds is 5. The first-order chi connectivity index (χ1) is 8.29. The summed E-state index contributed by atoms with van der Waals surface area (Å²) >= 11 is 8.11. The Morgan fingerprint density at radius 1 is 1.53 bits per heavy atom. The van der Waals surface area contributed by atoms with Crippen molar-refractivity contribution in [3.05, 3.63) is 28.8 Å². The van der Waals surface area contributed by atoms with Crippen molar-refractivity contribution >= 4 is 23.4 Å². The summed E-state index contributed by atoms with van der Waals surface area (Å²) in [5, 5.41) is 0.664. The number of nitrogens with one attached hydrogen (secondary N) is 1. The topological polar surface area (TPSA) is 30.5 Å². The van der Waals surface area contributed by atoms with Gasteiger partial charge in [0.1, 0.15) is 11.9 Å². The van der Waals surface area contributed by atoms with Gasteiger partial charge in [0, 0.05) is 12.3 Å². The second kappa shape index (κ2) is 6.50. The van der Waals surface area contributed by atoms with Gasteiger partial charge in [-0.05, 0) is 29.9 Å². The standard InChI is InChI=1S/C12H16ClNO2S/c1-15-14-7-9-2-3-12(11(13)6-9)16-10-4-5-17-8-10/h2-3,6,10,14H,4-5,7-8H2,1H3. The van der Waals surface area contributed by atoms with Crippen molar-refractivity contribution in [2.24, 2.45) is 0 Å². The predicted molar refractivity (Wildman–Crippen MR) is 71.7 cm³/mol. The molecular formula is C12H16ClNO2S. The van der Waals surface area contributed by atoms with Crippen LogP contribution in [0.25, 0.3) is 0 Å². The van der Waals surface area contributed by atoms with Crippen molar-refractivity contribution in [2.45, 2.75) is 19.1 Å². The first-order valence-corrected chi connectivity index (χ1v) is 7.11. The van der Waals surface area contributed by atoms with Gasteiger partial charge in [0.25, 0.3) is 0 Å². The quantitative estimate of drug-likeness (QED) is 0.836. The van der Waals surface area contributed by atoms with E-state index in [1.54, 1.807) is 7.11 Å². The molecule has 0 spiro atoms. The van der Waals surface area contributed by atoms with Crippen LogP contribution in [0.5, 0.6) is 5.75 Å². The highest BCUT2D eigenvalue weighted by Crippen LogP contribution is 2.29. The molecule has 1 aromatic carbocycles. The average molecular weight is 274 g/mol. The van der Waals surface area contributed by atoms with Gasteiger partial charge in [0.05, 0.1) is 12.1 Å². The first kappa shape index (κ1) is 13.0. The van der Waals surface area contributed by atoms with E-state index in [1.165, 1.54) is 5.75 Å². The van der Waals surface area contributed by atoms with Gasteiger partial charge in [-0.2, -0.15) is 17.2 Å². The summed E-state index contributed by atoms with van der Waals surface area (Å²) in [6, 6.07) is 5.83. The molecule has 94 valence electrons. The van der Waals surface area contributed by atoms with Crippen LogP contribution < -0.4 is 10.2 Å². The van der Waals surface area contributed by atoms with Crippen LogP contribution in [0.15, 0.2) is 18.2 Å². The van der Waals surface area contributed by atoms with E-state index in [0.717, 1.165) is 23.5 Å². The summed E-state index contributed by atoms with van der Waals surface area (Å²) < 4.78 is 5.86. The SMILES string of the molecule is CONCc1ccc(OC2CCSC2)c(Cl)c1. The average Bonchev–Trinajstić information content (AvgIpc) is 2.82. The Labute approximate surface area is 111 Å². The minimum atomic E-state index is 0.306. The zero-order valence-corrected chi connectivity index (χ0v) is 11.3. The molecule has 0 amide bonds. The normalized spacial score (nSPS) is 19.5. The van der Waals surface area contributed by atoms with Crippen LogP contribution in [0.1, 0.15) is 12.0 Å². The molecule has 1 heterocycles. The molecule has 1 saturated heterocycles. The Morgan fingerprint density at radius 2 is 2.41 bits per heavy atom. The highest BCUT2D eigenvalue weighted by molar-refractivity contribution is 7.99. The zero-order chi connectivity index (χ0) is 12.1. The van der Waals surface area contributed by atoms with Crippen LogP contribution in [0.4, 0.5) is 0 Å². The summed E-state index contributed by atoms with van der Waals surface area (Å²) in [7, 11) is 1.59. The summed E-state index contributed by atoms with van der Waals surface area (Å²) in [5.74, 6) is 3.02. The molecule has 5 heteroatoms. The summed E-state index contributed by atoms with van der Waals surface area (Å²) in [6.45, 7) is 0.635. The fraction of sp³-hybridized carbons (Fsp3) is 0.500. The maximum Gasteiger partial charge on any atom is 0.138 e.